The van der Waals surface area contributed by atoms with Gasteiger partial charge in [0.05, 0.1) is 9.49 Å². The minimum absolute atomic E-state index is 0.447. The Balaban J connectivity index is 2.09. The smallest absolute Gasteiger partial charge is 0.168 e. The van der Waals surface area contributed by atoms with Gasteiger partial charge >= 0.3 is 0 Å². The number of hydrogen-bond donors (Lipinski definition) is 0. The zero-order valence-electron chi connectivity index (χ0n) is 9.04. The van der Waals surface area contributed by atoms with Crippen LogP contribution in [-0.2, 0) is 9.84 Å². The Bertz CT molecular complexity index is 361. The van der Waals surface area contributed by atoms with Crippen molar-refractivity contribution in [2.75, 3.05) is 0 Å². The van der Waals surface area contributed by atoms with Crippen LogP contribution < -0.4 is 0 Å². The van der Waals surface area contributed by atoms with Crippen LogP contribution in [0.5, 0.6) is 0 Å². The van der Waals surface area contributed by atoms with Gasteiger partial charge in [-0.25, -0.2) is 8.42 Å². The molecule has 0 unspecified atom stereocenters. The lowest BCUT2D eigenvalue weighted by Crippen LogP contribution is -2.42. The van der Waals surface area contributed by atoms with Crippen molar-refractivity contribution in [3.63, 3.8) is 0 Å². The van der Waals surface area contributed by atoms with E-state index in [-0.39, 0.29) is 0 Å². The Morgan fingerprint density at radius 1 is 0.733 bits per heavy atom. The molecule has 0 bridgehead atoms. The second kappa shape index (κ2) is 2.88. The van der Waals surface area contributed by atoms with Crippen molar-refractivity contribution < 1.29 is 8.42 Å². The first kappa shape index (κ1) is 9.88. The van der Waals surface area contributed by atoms with E-state index < -0.39 is 19.3 Å². The highest BCUT2D eigenvalue weighted by molar-refractivity contribution is 7.94. The Labute approximate surface area is 91.7 Å². The van der Waals surface area contributed by atoms with Crippen LogP contribution in [0.3, 0.4) is 0 Å². The van der Waals surface area contributed by atoms with Gasteiger partial charge < -0.3 is 0 Å². The minimum atomic E-state index is -2.94. The summed E-state index contributed by atoms with van der Waals surface area (Å²) >= 11 is 0. The van der Waals surface area contributed by atoms with Crippen LogP contribution >= 0.6 is 0 Å². The van der Waals surface area contributed by atoms with E-state index in [9.17, 15) is 8.42 Å². The van der Waals surface area contributed by atoms with Crippen molar-refractivity contribution >= 4 is 9.84 Å². The van der Waals surface area contributed by atoms with Crippen molar-refractivity contribution in [3.8, 4) is 0 Å². The van der Waals surface area contributed by atoms with Gasteiger partial charge in [0.2, 0.25) is 0 Å². The molecule has 1 aliphatic heterocycles. The lowest BCUT2D eigenvalue weighted by molar-refractivity contribution is 0.530. The second-order valence-corrected chi connectivity index (χ2v) is 8.01. The molecule has 0 aromatic carbocycles. The van der Waals surface area contributed by atoms with Crippen LogP contribution in [0, 0.1) is 0 Å². The van der Waals surface area contributed by atoms with E-state index in [1.54, 1.807) is 0 Å². The second-order valence-electron chi connectivity index (χ2n) is 5.38. The molecule has 84 valence electrons. The molecule has 0 saturated heterocycles. The quantitative estimate of drug-likeness (QED) is 0.595. The third-order valence-electron chi connectivity index (χ3n) is 4.66. The monoisotopic (exact) mass is 226 g/mol. The average Bonchev–Trinajstić information content (AvgIpc) is 2.89. The van der Waals surface area contributed by atoms with Gasteiger partial charge in [-0.3, -0.25) is 0 Å². The van der Waals surface area contributed by atoms with Gasteiger partial charge in [0.1, 0.15) is 0 Å². The van der Waals surface area contributed by atoms with Gasteiger partial charge in [-0.2, -0.15) is 0 Å². The third kappa shape index (κ3) is 1.03. The lowest BCUT2D eigenvalue weighted by Gasteiger charge is -2.29. The van der Waals surface area contributed by atoms with Gasteiger partial charge in [-0.05, 0) is 25.7 Å². The van der Waals surface area contributed by atoms with E-state index in [4.69, 9.17) is 0 Å². The molecule has 0 aromatic rings. The van der Waals surface area contributed by atoms with E-state index in [2.05, 4.69) is 0 Å². The lowest BCUT2D eigenvalue weighted by atomic mass is 10.0. The summed E-state index contributed by atoms with van der Waals surface area (Å²) in [6.45, 7) is 0. The summed E-state index contributed by atoms with van der Waals surface area (Å²) in [6.07, 6.45) is 11.9. The van der Waals surface area contributed by atoms with Crippen LogP contribution in [0.2, 0.25) is 0 Å². The normalized spacial score (nSPS) is 34.4. The first-order valence-electron chi connectivity index (χ1n) is 6.07. The molecule has 0 atom stereocenters. The predicted molar refractivity (Wildman–Crippen MR) is 60.5 cm³/mol. The highest BCUT2D eigenvalue weighted by atomic mass is 32.2. The molecule has 2 aliphatic carbocycles. The van der Waals surface area contributed by atoms with E-state index in [0.29, 0.717) is 0 Å². The zero-order chi connectivity index (χ0) is 10.6. The number of sulfone groups is 1. The van der Waals surface area contributed by atoms with Crippen LogP contribution in [0.25, 0.3) is 0 Å². The van der Waals surface area contributed by atoms with Crippen molar-refractivity contribution in [1.29, 1.82) is 0 Å². The largest absolute Gasteiger partial charge is 0.227 e. The molecule has 15 heavy (non-hydrogen) atoms. The van der Waals surface area contributed by atoms with Crippen LogP contribution in [0.15, 0.2) is 12.2 Å². The Morgan fingerprint density at radius 2 is 1.07 bits per heavy atom. The van der Waals surface area contributed by atoms with E-state index in [0.717, 1.165) is 51.4 Å². The first-order chi connectivity index (χ1) is 7.12. The maximum atomic E-state index is 12.7. The Hall–Kier alpha value is -0.310. The summed E-state index contributed by atoms with van der Waals surface area (Å²) in [5, 5.41) is 0. The summed E-state index contributed by atoms with van der Waals surface area (Å²) in [4.78, 5) is 0. The molecule has 0 radical (unpaired) electrons. The summed E-state index contributed by atoms with van der Waals surface area (Å²) in [5.41, 5.74) is 0. The third-order valence-corrected chi connectivity index (χ3v) is 7.89. The molecule has 3 rings (SSSR count). The molecule has 1 heterocycles. The Kier molecular flexibility index (Phi) is 1.89. The summed E-state index contributed by atoms with van der Waals surface area (Å²) < 4.78 is 24.5. The molecule has 0 aromatic heterocycles. The van der Waals surface area contributed by atoms with Crippen LogP contribution in [0.1, 0.15) is 51.4 Å². The highest BCUT2D eigenvalue weighted by Crippen LogP contribution is 2.53. The molecule has 2 nitrogen and oxygen atoms in total. The van der Waals surface area contributed by atoms with Crippen molar-refractivity contribution in [1.82, 2.24) is 0 Å². The van der Waals surface area contributed by atoms with Crippen LogP contribution in [0.4, 0.5) is 0 Å². The van der Waals surface area contributed by atoms with Crippen molar-refractivity contribution in [2.45, 2.75) is 60.9 Å². The SMILES string of the molecule is O=S1(=O)C2(C=CC13CCCC3)CCCC2. The fraction of sp³-hybridized carbons (Fsp3) is 0.833. The van der Waals surface area contributed by atoms with Gasteiger partial charge in [0, 0.05) is 0 Å². The molecular formula is C12H18O2S. The Morgan fingerprint density at radius 3 is 1.40 bits per heavy atom. The number of hydrogen-bond acceptors (Lipinski definition) is 2. The first-order valence-corrected chi connectivity index (χ1v) is 7.55. The predicted octanol–water partition coefficient (Wildman–Crippen LogP) is 2.60. The topological polar surface area (TPSA) is 34.1 Å². The van der Waals surface area contributed by atoms with Gasteiger partial charge in [0.25, 0.3) is 0 Å². The standard InChI is InChI=1S/C12H18O2S/c13-15(14)11(5-1-2-6-11)9-10-12(15)7-3-4-8-12/h9-10H,1-8H2. The number of rotatable bonds is 0. The molecule has 2 fully saturated rings. The average molecular weight is 226 g/mol. The van der Waals surface area contributed by atoms with E-state index >= 15 is 0 Å². The summed E-state index contributed by atoms with van der Waals surface area (Å²) in [6, 6.07) is 0. The highest BCUT2D eigenvalue weighted by Gasteiger charge is 2.59. The molecule has 0 N–H and O–H groups in total. The molecule has 2 spiro atoms. The molecule has 0 amide bonds. The fourth-order valence-corrected chi connectivity index (χ4v) is 6.66. The van der Waals surface area contributed by atoms with Crippen LogP contribution in [-0.4, -0.2) is 17.9 Å². The zero-order valence-corrected chi connectivity index (χ0v) is 9.85. The van der Waals surface area contributed by atoms with Gasteiger partial charge in [-0.15, -0.1) is 0 Å². The minimum Gasteiger partial charge on any atom is -0.227 e. The van der Waals surface area contributed by atoms with Gasteiger partial charge in [-0.1, -0.05) is 37.8 Å². The summed E-state index contributed by atoms with van der Waals surface area (Å²) in [7, 11) is -2.94. The van der Waals surface area contributed by atoms with Crippen molar-refractivity contribution in [3.05, 3.63) is 12.2 Å². The molecule has 3 heteroatoms. The molecular weight excluding hydrogens is 208 g/mol. The molecule has 2 saturated carbocycles. The van der Waals surface area contributed by atoms with E-state index in [1.165, 1.54) is 0 Å². The maximum absolute atomic E-state index is 12.7. The van der Waals surface area contributed by atoms with Gasteiger partial charge in [0.15, 0.2) is 9.84 Å². The molecule has 3 aliphatic rings. The maximum Gasteiger partial charge on any atom is 0.168 e. The van der Waals surface area contributed by atoms with E-state index in [1.807, 2.05) is 12.2 Å². The summed E-state index contributed by atoms with van der Waals surface area (Å²) in [5.74, 6) is 0. The van der Waals surface area contributed by atoms with Crippen molar-refractivity contribution in [2.24, 2.45) is 0 Å². The fourth-order valence-electron chi connectivity index (χ4n) is 3.71.